The number of para-hydroxylation sites is 1. The number of hydrogen-bond acceptors (Lipinski definition) is 4. The third-order valence-electron chi connectivity index (χ3n) is 4.65. The van der Waals surface area contributed by atoms with Crippen LogP contribution in [0.2, 0.25) is 0 Å². The summed E-state index contributed by atoms with van der Waals surface area (Å²) in [6.45, 7) is 3.11. The van der Waals surface area contributed by atoms with Crippen molar-refractivity contribution in [3.63, 3.8) is 0 Å². The Morgan fingerprint density at radius 1 is 1.43 bits per heavy atom. The van der Waals surface area contributed by atoms with E-state index in [9.17, 15) is 0 Å². The normalized spacial score (nSPS) is 30.5. The van der Waals surface area contributed by atoms with Gasteiger partial charge in [0.2, 0.25) is 0 Å². The number of nitrogens with one attached hydrogen (secondary N) is 1. The first-order valence-electron chi connectivity index (χ1n) is 7.83. The summed E-state index contributed by atoms with van der Waals surface area (Å²) in [6.07, 6.45) is 3.45. The van der Waals surface area contributed by atoms with E-state index in [1.165, 1.54) is 17.7 Å². The van der Waals surface area contributed by atoms with E-state index in [1.54, 1.807) is 7.11 Å². The van der Waals surface area contributed by atoms with E-state index in [0.29, 0.717) is 12.1 Å². The molecule has 3 atom stereocenters. The number of methoxy groups -OCH3 is 1. The Hall–Kier alpha value is -0.710. The lowest BCUT2D eigenvalue weighted by Crippen LogP contribution is -2.47. The number of thioether (sulfide) groups is 1. The van der Waals surface area contributed by atoms with E-state index in [2.05, 4.69) is 24.4 Å². The van der Waals surface area contributed by atoms with Crippen molar-refractivity contribution in [2.45, 2.75) is 43.9 Å². The second kappa shape index (κ2) is 6.59. The van der Waals surface area contributed by atoms with Crippen LogP contribution in [0.25, 0.3) is 0 Å². The van der Waals surface area contributed by atoms with Gasteiger partial charge in [0, 0.05) is 30.0 Å². The van der Waals surface area contributed by atoms with E-state index in [-0.39, 0.29) is 5.60 Å². The van der Waals surface area contributed by atoms with Gasteiger partial charge < -0.3 is 14.8 Å². The Morgan fingerprint density at radius 2 is 2.29 bits per heavy atom. The third-order valence-corrected chi connectivity index (χ3v) is 5.87. The fourth-order valence-electron chi connectivity index (χ4n) is 3.50. The van der Waals surface area contributed by atoms with Crippen LogP contribution in [-0.4, -0.2) is 36.9 Å². The summed E-state index contributed by atoms with van der Waals surface area (Å²) in [5, 5.41) is 3.79. The number of rotatable bonds is 4. The SMILES string of the molecule is COc1ccccc1[C@@H](C)NC1CCOC2(CCSC2)C1. The van der Waals surface area contributed by atoms with Crippen LogP contribution in [0.3, 0.4) is 0 Å². The molecule has 2 aliphatic heterocycles. The fourth-order valence-corrected chi connectivity index (χ4v) is 4.88. The molecule has 0 aliphatic carbocycles. The van der Waals surface area contributed by atoms with Crippen LogP contribution in [0.15, 0.2) is 24.3 Å². The Bertz CT molecular complexity index is 474. The molecule has 0 bridgehead atoms. The highest BCUT2D eigenvalue weighted by Crippen LogP contribution is 2.39. The van der Waals surface area contributed by atoms with Gasteiger partial charge in [0.1, 0.15) is 5.75 Å². The molecular weight excluding hydrogens is 282 g/mol. The van der Waals surface area contributed by atoms with Crippen LogP contribution in [-0.2, 0) is 4.74 Å². The van der Waals surface area contributed by atoms with E-state index in [4.69, 9.17) is 9.47 Å². The molecule has 1 spiro atoms. The summed E-state index contributed by atoms with van der Waals surface area (Å²) in [7, 11) is 1.74. The highest BCUT2D eigenvalue weighted by Gasteiger charge is 2.40. The van der Waals surface area contributed by atoms with E-state index < -0.39 is 0 Å². The van der Waals surface area contributed by atoms with Crippen LogP contribution in [0.5, 0.6) is 5.75 Å². The van der Waals surface area contributed by atoms with Gasteiger partial charge in [-0.05, 0) is 38.0 Å². The monoisotopic (exact) mass is 307 g/mol. The first kappa shape index (κ1) is 15.2. The number of ether oxygens (including phenoxy) is 2. The summed E-state index contributed by atoms with van der Waals surface area (Å²) < 4.78 is 11.6. The van der Waals surface area contributed by atoms with E-state index in [0.717, 1.165) is 31.0 Å². The molecule has 21 heavy (non-hydrogen) atoms. The Morgan fingerprint density at radius 3 is 3.05 bits per heavy atom. The maximum Gasteiger partial charge on any atom is 0.123 e. The second-order valence-corrected chi connectivity index (χ2v) is 7.26. The standard InChI is InChI=1S/C17H25NO2S/c1-13(15-5-3-4-6-16(15)19-2)18-14-7-9-20-17(11-14)8-10-21-12-17/h3-6,13-14,18H,7-12H2,1-2H3/t13-,14?,17?/m1/s1. The molecule has 0 amide bonds. The Balaban J connectivity index is 1.65. The van der Waals surface area contributed by atoms with Crippen molar-refractivity contribution >= 4 is 11.8 Å². The molecule has 0 saturated carbocycles. The molecule has 0 radical (unpaired) electrons. The molecule has 2 unspecified atom stereocenters. The second-order valence-electron chi connectivity index (χ2n) is 6.15. The highest BCUT2D eigenvalue weighted by atomic mass is 32.2. The molecule has 2 heterocycles. The number of benzene rings is 1. The minimum atomic E-state index is 0.140. The smallest absolute Gasteiger partial charge is 0.123 e. The van der Waals surface area contributed by atoms with Crippen LogP contribution < -0.4 is 10.1 Å². The highest BCUT2D eigenvalue weighted by molar-refractivity contribution is 7.99. The van der Waals surface area contributed by atoms with Gasteiger partial charge in [0.05, 0.1) is 12.7 Å². The van der Waals surface area contributed by atoms with Gasteiger partial charge in [-0.1, -0.05) is 18.2 Å². The maximum atomic E-state index is 6.10. The first-order valence-corrected chi connectivity index (χ1v) is 8.99. The van der Waals surface area contributed by atoms with Crippen molar-refractivity contribution in [3.8, 4) is 5.75 Å². The van der Waals surface area contributed by atoms with Gasteiger partial charge in [-0.2, -0.15) is 11.8 Å². The largest absolute Gasteiger partial charge is 0.496 e. The van der Waals surface area contributed by atoms with Gasteiger partial charge in [-0.25, -0.2) is 0 Å². The minimum Gasteiger partial charge on any atom is -0.496 e. The zero-order valence-electron chi connectivity index (χ0n) is 12.9. The summed E-state index contributed by atoms with van der Waals surface area (Å²) in [5.41, 5.74) is 1.38. The van der Waals surface area contributed by atoms with Crippen LogP contribution in [0.4, 0.5) is 0 Å². The third kappa shape index (κ3) is 3.38. The topological polar surface area (TPSA) is 30.5 Å². The molecule has 0 aromatic heterocycles. The van der Waals surface area contributed by atoms with Gasteiger partial charge >= 0.3 is 0 Å². The van der Waals surface area contributed by atoms with E-state index in [1.807, 2.05) is 23.9 Å². The van der Waals surface area contributed by atoms with Crippen molar-refractivity contribution in [2.75, 3.05) is 25.2 Å². The molecule has 4 heteroatoms. The molecule has 2 fully saturated rings. The van der Waals surface area contributed by atoms with Crippen LogP contribution >= 0.6 is 11.8 Å². The molecule has 3 rings (SSSR count). The zero-order valence-corrected chi connectivity index (χ0v) is 13.7. The van der Waals surface area contributed by atoms with Crippen molar-refractivity contribution in [1.82, 2.24) is 5.32 Å². The van der Waals surface area contributed by atoms with Crippen LogP contribution in [0, 0.1) is 0 Å². The fraction of sp³-hybridized carbons (Fsp3) is 0.647. The molecule has 116 valence electrons. The van der Waals surface area contributed by atoms with E-state index >= 15 is 0 Å². The zero-order chi connectivity index (χ0) is 14.7. The predicted octanol–water partition coefficient (Wildman–Crippen LogP) is 3.40. The molecule has 3 nitrogen and oxygen atoms in total. The van der Waals surface area contributed by atoms with Crippen LogP contribution in [0.1, 0.15) is 37.8 Å². The first-order chi connectivity index (χ1) is 10.2. The summed E-state index contributed by atoms with van der Waals surface area (Å²) in [5.74, 6) is 3.37. The molecule has 2 saturated heterocycles. The van der Waals surface area contributed by atoms with Gasteiger partial charge in [0.15, 0.2) is 0 Å². The number of hydrogen-bond donors (Lipinski definition) is 1. The van der Waals surface area contributed by atoms with Crippen molar-refractivity contribution in [2.24, 2.45) is 0 Å². The van der Waals surface area contributed by atoms with Crippen molar-refractivity contribution in [3.05, 3.63) is 29.8 Å². The lowest BCUT2D eigenvalue weighted by Gasteiger charge is -2.39. The molecule has 1 aromatic carbocycles. The average Bonchev–Trinajstić information content (AvgIpc) is 2.95. The quantitative estimate of drug-likeness (QED) is 0.923. The van der Waals surface area contributed by atoms with Crippen molar-refractivity contribution < 1.29 is 9.47 Å². The predicted molar refractivity (Wildman–Crippen MR) is 88.2 cm³/mol. The summed E-state index contributed by atoms with van der Waals surface area (Å²) in [6, 6.07) is 9.13. The molecular formula is C17H25NO2S. The molecule has 1 aromatic rings. The maximum absolute atomic E-state index is 6.10. The Labute approximate surface area is 131 Å². The molecule has 2 aliphatic rings. The van der Waals surface area contributed by atoms with Gasteiger partial charge in [-0.3, -0.25) is 0 Å². The summed E-state index contributed by atoms with van der Waals surface area (Å²) >= 11 is 2.03. The van der Waals surface area contributed by atoms with Crippen molar-refractivity contribution in [1.29, 1.82) is 0 Å². The Kier molecular flexibility index (Phi) is 4.77. The van der Waals surface area contributed by atoms with Gasteiger partial charge in [-0.15, -0.1) is 0 Å². The van der Waals surface area contributed by atoms with Gasteiger partial charge in [0.25, 0.3) is 0 Å². The molecule has 1 N–H and O–H groups in total. The summed E-state index contributed by atoms with van der Waals surface area (Å²) in [4.78, 5) is 0. The minimum absolute atomic E-state index is 0.140. The lowest BCUT2D eigenvalue weighted by molar-refractivity contribution is -0.0712. The average molecular weight is 307 g/mol. The lowest BCUT2D eigenvalue weighted by atomic mass is 9.89.